The van der Waals surface area contributed by atoms with E-state index in [1.165, 1.54) is 0 Å². The summed E-state index contributed by atoms with van der Waals surface area (Å²) in [5.41, 5.74) is 2.75. The number of nitrogens with one attached hydrogen (secondary N) is 2. The Morgan fingerprint density at radius 1 is 1.00 bits per heavy atom. The van der Waals surface area contributed by atoms with Crippen LogP contribution in [0.1, 0.15) is 13.8 Å². The lowest BCUT2D eigenvalue weighted by molar-refractivity contribution is 0.575. The van der Waals surface area contributed by atoms with E-state index in [2.05, 4.69) is 75.6 Å². The van der Waals surface area contributed by atoms with Crippen molar-refractivity contribution in [3.8, 4) is 0 Å². The van der Waals surface area contributed by atoms with Crippen molar-refractivity contribution < 1.29 is 0 Å². The minimum Gasteiger partial charge on any atom is -0.356 e. The number of aromatic amines is 1. The number of aromatic nitrogens is 1. The number of rotatable bonds is 0. The van der Waals surface area contributed by atoms with E-state index in [-0.39, 0.29) is 11.6 Å². The summed E-state index contributed by atoms with van der Waals surface area (Å²) in [7, 11) is 0. The number of hydrogen-bond donors (Lipinski definition) is 2. The molecular weight excluding hydrogens is 322 g/mol. The Hall–Kier alpha value is -3.05. The second kappa shape index (κ2) is 5.47. The maximum atomic E-state index is 4.66. The third kappa shape index (κ3) is 2.76. The molecule has 0 saturated heterocycles. The van der Waals surface area contributed by atoms with E-state index in [4.69, 9.17) is 0 Å². The highest BCUT2D eigenvalue weighted by Gasteiger charge is 2.26. The summed E-state index contributed by atoms with van der Waals surface area (Å²) in [5.74, 6) is 1.38. The Morgan fingerprint density at radius 3 is 2.81 bits per heavy atom. The van der Waals surface area contributed by atoms with Gasteiger partial charge < -0.3 is 4.98 Å². The van der Waals surface area contributed by atoms with Gasteiger partial charge in [0.1, 0.15) is 0 Å². The van der Waals surface area contributed by atoms with Crippen LogP contribution in [-0.2, 0) is 0 Å². The van der Waals surface area contributed by atoms with Gasteiger partial charge in [-0.1, -0.05) is 12.2 Å². The predicted octanol–water partition coefficient (Wildman–Crippen LogP) is 1.53. The van der Waals surface area contributed by atoms with E-state index in [9.17, 15) is 0 Å². The molecule has 2 unspecified atom stereocenters. The third-order valence-corrected chi connectivity index (χ3v) is 4.82. The Kier molecular flexibility index (Phi) is 3.21. The lowest BCUT2D eigenvalue weighted by atomic mass is 10.0. The van der Waals surface area contributed by atoms with Crippen LogP contribution in [0.4, 0.5) is 0 Å². The van der Waals surface area contributed by atoms with Crippen LogP contribution < -0.4 is 16.0 Å². The fourth-order valence-corrected chi connectivity index (χ4v) is 3.56. The van der Waals surface area contributed by atoms with E-state index in [1.54, 1.807) is 0 Å². The molecular formula is C21H19N5. The normalized spacial score (nSPS) is 28.7. The molecule has 0 aromatic carbocycles. The molecule has 0 spiro atoms. The van der Waals surface area contributed by atoms with Crippen LogP contribution in [0.25, 0.3) is 12.2 Å². The molecule has 1 aromatic heterocycles. The van der Waals surface area contributed by atoms with Crippen molar-refractivity contribution in [1.29, 1.82) is 0 Å². The number of allylic oxidation sites excluding steroid dienone is 2. The van der Waals surface area contributed by atoms with Gasteiger partial charge in [0, 0.05) is 16.7 Å². The fourth-order valence-electron chi connectivity index (χ4n) is 3.56. The molecule has 26 heavy (non-hydrogen) atoms. The molecule has 0 radical (unpaired) electrons. The van der Waals surface area contributed by atoms with Crippen LogP contribution >= 0.6 is 0 Å². The van der Waals surface area contributed by atoms with Crippen LogP contribution in [0.2, 0.25) is 0 Å². The van der Waals surface area contributed by atoms with E-state index in [0.717, 1.165) is 27.7 Å². The molecule has 0 saturated carbocycles. The quantitative estimate of drug-likeness (QED) is 0.691. The Balaban J connectivity index is 1.68. The van der Waals surface area contributed by atoms with Gasteiger partial charge in [-0.2, -0.15) is 0 Å². The first-order valence-corrected chi connectivity index (χ1v) is 8.76. The van der Waals surface area contributed by atoms with Crippen molar-refractivity contribution >= 4 is 29.5 Å². The third-order valence-electron chi connectivity index (χ3n) is 4.82. The van der Waals surface area contributed by atoms with Gasteiger partial charge in [-0.25, -0.2) is 15.0 Å². The molecule has 8 bridgehead atoms. The van der Waals surface area contributed by atoms with Gasteiger partial charge in [0.15, 0.2) is 11.7 Å². The number of fused-ring (bicyclic) bond motifs is 6. The number of aliphatic imine (C=N–C) groups is 3. The maximum absolute atomic E-state index is 4.66. The minimum absolute atomic E-state index is 0.134. The van der Waals surface area contributed by atoms with Gasteiger partial charge in [0.05, 0.1) is 16.9 Å². The van der Waals surface area contributed by atoms with E-state index in [0.29, 0.717) is 11.7 Å². The maximum Gasteiger partial charge on any atom is 0.155 e. The van der Waals surface area contributed by atoms with Crippen LogP contribution in [0.5, 0.6) is 0 Å². The fraction of sp³-hybridized carbons (Fsp3) is 0.190. The Bertz CT molecular complexity index is 1130. The lowest BCUT2D eigenvalue weighted by Gasteiger charge is -2.20. The molecule has 4 aliphatic heterocycles. The number of H-pyrrole nitrogens is 1. The van der Waals surface area contributed by atoms with Crippen molar-refractivity contribution in [2.24, 2.45) is 15.0 Å². The summed E-state index contributed by atoms with van der Waals surface area (Å²) < 4.78 is 0. The van der Waals surface area contributed by atoms with Gasteiger partial charge in [-0.05, 0) is 68.0 Å². The molecule has 2 N–H and O–H groups in total. The predicted molar refractivity (Wildman–Crippen MR) is 107 cm³/mol. The minimum atomic E-state index is -0.209. The van der Waals surface area contributed by atoms with E-state index < -0.39 is 0 Å². The Labute approximate surface area is 151 Å². The summed E-state index contributed by atoms with van der Waals surface area (Å²) in [4.78, 5) is 17.2. The van der Waals surface area contributed by atoms with Gasteiger partial charge in [-0.3, -0.25) is 5.32 Å². The highest BCUT2D eigenvalue weighted by atomic mass is 15.0. The first kappa shape index (κ1) is 15.2. The number of amidine groups is 2. The van der Waals surface area contributed by atoms with Gasteiger partial charge in [0.2, 0.25) is 0 Å². The SMILES string of the molecule is CC1=CC2=NC1=CC1C=CC(C)(C=c3ccc([nH]3)=CC3=NC(=N2)C=C3)N1. The molecule has 2 atom stereocenters. The molecule has 0 fully saturated rings. The average Bonchev–Trinajstić information content (AvgIpc) is 3.33. The smallest absolute Gasteiger partial charge is 0.155 e. The molecule has 0 amide bonds. The van der Waals surface area contributed by atoms with Crippen molar-refractivity contribution in [1.82, 2.24) is 10.3 Å². The Morgan fingerprint density at radius 2 is 1.88 bits per heavy atom. The molecule has 5 nitrogen and oxygen atoms in total. The number of nitrogens with zero attached hydrogens (tertiary/aromatic N) is 3. The van der Waals surface area contributed by atoms with Crippen molar-refractivity contribution in [2.75, 3.05) is 0 Å². The molecule has 4 aliphatic rings. The zero-order valence-corrected chi connectivity index (χ0v) is 14.7. The molecule has 1 aromatic rings. The van der Waals surface area contributed by atoms with Crippen LogP contribution in [-0.4, -0.2) is 33.9 Å². The lowest BCUT2D eigenvalue weighted by Crippen LogP contribution is -2.40. The highest BCUT2D eigenvalue weighted by molar-refractivity contribution is 6.28. The summed E-state index contributed by atoms with van der Waals surface area (Å²) in [6.07, 6.45) is 16.6. The molecule has 5 rings (SSSR count). The van der Waals surface area contributed by atoms with Crippen molar-refractivity contribution in [2.45, 2.75) is 25.4 Å². The summed E-state index contributed by atoms with van der Waals surface area (Å²) in [6.45, 7) is 4.23. The first-order valence-electron chi connectivity index (χ1n) is 8.76. The van der Waals surface area contributed by atoms with Crippen LogP contribution in [0.3, 0.4) is 0 Å². The second-order valence-electron chi connectivity index (χ2n) is 7.16. The van der Waals surface area contributed by atoms with E-state index in [1.807, 2.05) is 24.3 Å². The molecule has 0 aliphatic carbocycles. The number of hydrogen-bond acceptors (Lipinski definition) is 4. The van der Waals surface area contributed by atoms with Crippen LogP contribution in [0, 0.1) is 0 Å². The molecule has 5 heteroatoms. The monoisotopic (exact) mass is 341 g/mol. The van der Waals surface area contributed by atoms with Gasteiger partial charge >= 0.3 is 0 Å². The molecule has 128 valence electrons. The zero-order valence-electron chi connectivity index (χ0n) is 14.7. The summed E-state index contributed by atoms with van der Waals surface area (Å²) in [5, 5.41) is 5.73. The summed E-state index contributed by atoms with van der Waals surface area (Å²) in [6, 6.07) is 4.29. The molecule has 5 heterocycles. The van der Waals surface area contributed by atoms with Crippen LogP contribution in [0.15, 0.2) is 74.8 Å². The van der Waals surface area contributed by atoms with Gasteiger partial charge in [0.25, 0.3) is 0 Å². The topological polar surface area (TPSA) is 64.9 Å². The van der Waals surface area contributed by atoms with Crippen molar-refractivity contribution in [3.05, 3.63) is 70.6 Å². The highest BCUT2D eigenvalue weighted by Crippen LogP contribution is 2.24. The zero-order chi connectivity index (χ0) is 17.7. The first-order chi connectivity index (χ1) is 12.5. The average molecular weight is 341 g/mol. The van der Waals surface area contributed by atoms with Crippen molar-refractivity contribution in [3.63, 3.8) is 0 Å². The summed E-state index contributed by atoms with van der Waals surface area (Å²) >= 11 is 0. The van der Waals surface area contributed by atoms with E-state index >= 15 is 0 Å². The largest absolute Gasteiger partial charge is 0.356 e. The van der Waals surface area contributed by atoms with Gasteiger partial charge in [-0.15, -0.1) is 0 Å². The standard InChI is InChI=1S/C21H19N5/c1-13-9-20-24-18(13)11-16-7-8-21(2,26-16)12-17-4-3-14(22-17)10-15-5-6-19(23-15)25-20/h3-12,16,22,26H,1-2H3. The second-order valence-corrected chi connectivity index (χ2v) is 7.16.